The molecule has 5 nitrogen and oxygen atoms in total. The van der Waals surface area contributed by atoms with Crippen LogP contribution >= 0.6 is 0 Å². The van der Waals surface area contributed by atoms with Crippen LogP contribution in [0.3, 0.4) is 0 Å². The van der Waals surface area contributed by atoms with E-state index in [-0.39, 0.29) is 11.4 Å². The minimum atomic E-state index is -3.70. The third kappa shape index (κ3) is 2.76. The Kier molecular flexibility index (Phi) is 4.27. The number of hydrogen-bond acceptors (Lipinski definition) is 4. The fourth-order valence-electron chi connectivity index (χ4n) is 3.09. The van der Waals surface area contributed by atoms with Crippen molar-refractivity contribution in [3.05, 3.63) is 53.1 Å². The lowest BCUT2D eigenvalue weighted by Crippen LogP contribution is -2.37. The summed E-state index contributed by atoms with van der Waals surface area (Å²) in [5.41, 5.74) is 2.84. The van der Waals surface area contributed by atoms with Crippen molar-refractivity contribution in [3.63, 3.8) is 0 Å². The van der Waals surface area contributed by atoms with Crippen molar-refractivity contribution in [3.8, 4) is 5.75 Å². The zero-order chi connectivity index (χ0) is 17.5. The van der Waals surface area contributed by atoms with Crippen LogP contribution in [-0.4, -0.2) is 27.2 Å². The number of hydrogen-bond donors (Lipinski definition) is 1. The minimum Gasteiger partial charge on any atom is -0.497 e. The zero-order valence-electron chi connectivity index (χ0n) is 14.0. The van der Waals surface area contributed by atoms with Crippen molar-refractivity contribution in [1.82, 2.24) is 0 Å². The van der Waals surface area contributed by atoms with Gasteiger partial charge >= 0.3 is 0 Å². The summed E-state index contributed by atoms with van der Waals surface area (Å²) in [6.07, 6.45) is -0.256. The maximum Gasteiger partial charge on any atom is 0.264 e. The van der Waals surface area contributed by atoms with E-state index in [1.165, 1.54) is 4.31 Å². The quantitative estimate of drug-likeness (QED) is 0.927. The Hall–Kier alpha value is -2.05. The van der Waals surface area contributed by atoms with E-state index in [0.29, 0.717) is 29.0 Å². The van der Waals surface area contributed by atoms with E-state index in [0.717, 1.165) is 5.56 Å². The highest BCUT2D eigenvalue weighted by Crippen LogP contribution is 2.38. The number of anilines is 1. The van der Waals surface area contributed by atoms with E-state index >= 15 is 0 Å². The van der Waals surface area contributed by atoms with E-state index in [4.69, 9.17) is 4.74 Å². The molecule has 24 heavy (non-hydrogen) atoms. The van der Waals surface area contributed by atoms with E-state index in [9.17, 15) is 13.5 Å². The van der Waals surface area contributed by atoms with Crippen molar-refractivity contribution in [2.45, 2.75) is 31.3 Å². The molecule has 0 aliphatic carbocycles. The fourth-order valence-corrected chi connectivity index (χ4v) is 4.80. The number of aryl methyl sites for hydroxylation is 2. The van der Waals surface area contributed by atoms with Crippen LogP contribution in [0.2, 0.25) is 0 Å². The maximum atomic E-state index is 13.2. The average Bonchev–Trinajstić information content (AvgIpc) is 2.55. The third-order valence-electron chi connectivity index (χ3n) is 4.37. The topological polar surface area (TPSA) is 66.8 Å². The molecule has 1 atom stereocenters. The van der Waals surface area contributed by atoms with E-state index in [1.807, 2.05) is 19.1 Å². The second-order valence-electron chi connectivity index (χ2n) is 6.08. The second-order valence-corrected chi connectivity index (χ2v) is 7.91. The van der Waals surface area contributed by atoms with Gasteiger partial charge in [-0.2, -0.15) is 0 Å². The first kappa shape index (κ1) is 16.8. The summed E-state index contributed by atoms with van der Waals surface area (Å²) in [6.45, 7) is 3.93. The van der Waals surface area contributed by atoms with Gasteiger partial charge < -0.3 is 9.84 Å². The molecule has 0 bridgehead atoms. The Morgan fingerprint density at radius 2 is 1.92 bits per heavy atom. The van der Waals surface area contributed by atoms with E-state index in [1.54, 1.807) is 38.3 Å². The molecule has 6 heteroatoms. The molecule has 0 radical (unpaired) electrons. The number of rotatable bonds is 3. The molecular weight excluding hydrogens is 326 g/mol. The molecule has 0 fully saturated rings. The molecule has 2 aromatic carbocycles. The lowest BCUT2D eigenvalue weighted by Gasteiger charge is -2.33. The van der Waals surface area contributed by atoms with Gasteiger partial charge in [-0.05, 0) is 50.1 Å². The molecule has 2 aromatic rings. The van der Waals surface area contributed by atoms with Crippen LogP contribution in [0.5, 0.6) is 5.75 Å². The normalized spacial score (nSPS) is 17.5. The smallest absolute Gasteiger partial charge is 0.264 e. The molecule has 1 heterocycles. The zero-order valence-corrected chi connectivity index (χ0v) is 14.8. The van der Waals surface area contributed by atoms with Crippen LogP contribution in [-0.2, 0) is 10.0 Å². The molecule has 1 aliphatic heterocycles. The largest absolute Gasteiger partial charge is 0.497 e. The molecule has 3 rings (SSSR count). The van der Waals surface area contributed by atoms with Crippen LogP contribution in [0.1, 0.15) is 29.2 Å². The lowest BCUT2D eigenvalue weighted by molar-refractivity contribution is 0.166. The number of benzene rings is 2. The third-order valence-corrected chi connectivity index (χ3v) is 6.34. The number of fused-ring (bicyclic) bond motifs is 1. The van der Waals surface area contributed by atoms with Gasteiger partial charge in [0.2, 0.25) is 0 Å². The fraction of sp³-hybridized carbons (Fsp3) is 0.333. The second kappa shape index (κ2) is 6.11. The van der Waals surface area contributed by atoms with Crippen LogP contribution in [0.4, 0.5) is 5.69 Å². The number of ether oxygens (including phenoxy) is 1. The van der Waals surface area contributed by atoms with Gasteiger partial charge in [0.15, 0.2) is 0 Å². The van der Waals surface area contributed by atoms with Gasteiger partial charge in [-0.25, -0.2) is 8.42 Å². The summed E-state index contributed by atoms with van der Waals surface area (Å²) < 4.78 is 32.9. The number of nitrogens with zero attached hydrogens (tertiary/aromatic N) is 1. The average molecular weight is 347 g/mol. The lowest BCUT2D eigenvalue weighted by atomic mass is 9.99. The molecule has 0 aromatic heterocycles. The molecule has 0 saturated carbocycles. The van der Waals surface area contributed by atoms with Crippen LogP contribution in [0.15, 0.2) is 41.3 Å². The van der Waals surface area contributed by atoms with Crippen molar-refractivity contribution < 1.29 is 18.3 Å². The highest BCUT2D eigenvalue weighted by Gasteiger charge is 2.33. The van der Waals surface area contributed by atoms with Crippen molar-refractivity contribution in [2.24, 2.45) is 0 Å². The Morgan fingerprint density at radius 3 is 2.58 bits per heavy atom. The van der Waals surface area contributed by atoms with E-state index in [2.05, 4.69) is 0 Å². The number of aliphatic hydroxyl groups is 1. The molecule has 1 N–H and O–H groups in total. The predicted molar refractivity (Wildman–Crippen MR) is 93.0 cm³/mol. The van der Waals surface area contributed by atoms with Gasteiger partial charge in [-0.3, -0.25) is 4.31 Å². The SMILES string of the molecule is COc1ccc(S(=O)(=O)N2CCC(O)c3cc(C)ccc32)c(C)c1. The summed E-state index contributed by atoms with van der Waals surface area (Å²) >= 11 is 0. The predicted octanol–water partition coefficient (Wildman–Crippen LogP) is 2.94. The first-order valence-electron chi connectivity index (χ1n) is 7.80. The summed E-state index contributed by atoms with van der Waals surface area (Å²) in [4.78, 5) is 0.256. The Balaban J connectivity index is 2.10. The standard InChI is InChI=1S/C18H21NO4S/c1-12-4-6-16-15(10-12)17(20)8-9-19(16)24(21,22)18-7-5-14(23-3)11-13(18)2/h4-7,10-11,17,20H,8-9H2,1-3H3. The first-order chi connectivity index (χ1) is 11.3. The van der Waals surface area contributed by atoms with Gasteiger partial charge in [0.25, 0.3) is 10.0 Å². The van der Waals surface area contributed by atoms with Crippen LogP contribution < -0.4 is 9.04 Å². The van der Waals surface area contributed by atoms with Gasteiger partial charge in [0, 0.05) is 12.1 Å². The van der Waals surface area contributed by atoms with Crippen molar-refractivity contribution >= 4 is 15.7 Å². The highest BCUT2D eigenvalue weighted by molar-refractivity contribution is 7.92. The van der Waals surface area contributed by atoms with Crippen LogP contribution in [0.25, 0.3) is 0 Å². The molecule has 1 aliphatic rings. The van der Waals surface area contributed by atoms with Crippen LogP contribution in [0, 0.1) is 13.8 Å². The molecule has 0 spiro atoms. The van der Waals surface area contributed by atoms with Crippen molar-refractivity contribution in [2.75, 3.05) is 18.0 Å². The summed E-state index contributed by atoms with van der Waals surface area (Å²) in [5, 5.41) is 10.2. The number of sulfonamides is 1. The molecule has 128 valence electrons. The molecule has 0 saturated heterocycles. The van der Waals surface area contributed by atoms with E-state index < -0.39 is 16.1 Å². The number of aliphatic hydroxyl groups excluding tert-OH is 1. The molecule has 1 unspecified atom stereocenters. The Morgan fingerprint density at radius 1 is 1.17 bits per heavy atom. The monoisotopic (exact) mass is 347 g/mol. The number of methoxy groups -OCH3 is 1. The maximum absolute atomic E-state index is 13.2. The minimum absolute atomic E-state index is 0.255. The van der Waals surface area contributed by atoms with Gasteiger partial charge in [0.05, 0.1) is 23.8 Å². The van der Waals surface area contributed by atoms with Crippen molar-refractivity contribution in [1.29, 1.82) is 0 Å². The highest BCUT2D eigenvalue weighted by atomic mass is 32.2. The van der Waals surface area contributed by atoms with Gasteiger partial charge in [-0.1, -0.05) is 17.7 Å². The summed E-state index contributed by atoms with van der Waals surface area (Å²) in [6, 6.07) is 10.4. The molecule has 0 amide bonds. The Labute approximate surface area is 142 Å². The first-order valence-corrected chi connectivity index (χ1v) is 9.24. The summed E-state index contributed by atoms with van der Waals surface area (Å²) in [5.74, 6) is 0.622. The van der Waals surface area contributed by atoms with Gasteiger partial charge in [-0.15, -0.1) is 0 Å². The molecular formula is C18H21NO4S. The summed E-state index contributed by atoms with van der Waals surface area (Å²) in [7, 11) is -2.15. The Bertz CT molecular complexity index is 877. The van der Waals surface area contributed by atoms with Gasteiger partial charge in [0.1, 0.15) is 5.75 Å².